The molecular weight excluding hydrogens is 418 g/mol. The number of carbonyl (C=O) groups is 3. The van der Waals surface area contributed by atoms with E-state index in [1.54, 1.807) is 24.3 Å². The van der Waals surface area contributed by atoms with Crippen molar-refractivity contribution < 1.29 is 19.1 Å². The van der Waals surface area contributed by atoms with Gasteiger partial charge in [-0.05, 0) is 55.7 Å². The van der Waals surface area contributed by atoms with E-state index in [1.807, 2.05) is 25.1 Å². The average Bonchev–Trinajstić information content (AvgIpc) is 2.83. The van der Waals surface area contributed by atoms with Crippen LogP contribution >= 0.6 is 0 Å². The molecule has 0 bridgehead atoms. The molecule has 1 fully saturated rings. The van der Waals surface area contributed by atoms with E-state index < -0.39 is 18.5 Å². The number of benzene rings is 2. The third kappa shape index (κ3) is 7.32. The first-order valence-corrected chi connectivity index (χ1v) is 11.0. The molecule has 0 spiro atoms. The summed E-state index contributed by atoms with van der Waals surface area (Å²) in [7, 11) is 0. The van der Waals surface area contributed by atoms with Gasteiger partial charge in [-0.15, -0.1) is 0 Å². The Hall–Kier alpha value is -3.92. The van der Waals surface area contributed by atoms with Crippen LogP contribution in [0, 0.1) is 18.3 Å². The Morgan fingerprint density at radius 3 is 2.33 bits per heavy atom. The minimum absolute atomic E-state index is 0.0173. The zero-order valence-corrected chi connectivity index (χ0v) is 18.6. The van der Waals surface area contributed by atoms with E-state index in [0.29, 0.717) is 11.3 Å². The Bertz CT molecular complexity index is 1060. The summed E-state index contributed by atoms with van der Waals surface area (Å²) >= 11 is 0. The van der Waals surface area contributed by atoms with Gasteiger partial charge in [0.2, 0.25) is 0 Å². The highest BCUT2D eigenvalue weighted by Gasteiger charge is 2.18. The topological polar surface area (TPSA) is 108 Å². The zero-order valence-electron chi connectivity index (χ0n) is 18.6. The first kappa shape index (κ1) is 23.7. The molecule has 0 radical (unpaired) electrons. The van der Waals surface area contributed by atoms with Crippen LogP contribution in [0.25, 0.3) is 6.08 Å². The third-order valence-electron chi connectivity index (χ3n) is 5.43. The molecule has 2 N–H and O–H groups in total. The second-order valence-electron chi connectivity index (χ2n) is 8.09. The number of nitrogens with zero attached hydrogens (tertiary/aromatic N) is 1. The minimum atomic E-state index is -0.639. The first-order chi connectivity index (χ1) is 15.9. The van der Waals surface area contributed by atoms with Gasteiger partial charge in [-0.3, -0.25) is 9.59 Å². The summed E-state index contributed by atoms with van der Waals surface area (Å²) in [6.45, 7) is 1.54. The Morgan fingerprint density at radius 2 is 1.70 bits per heavy atom. The molecule has 33 heavy (non-hydrogen) atoms. The van der Waals surface area contributed by atoms with Gasteiger partial charge in [-0.25, -0.2) is 4.79 Å². The number of anilines is 1. The molecule has 0 unspecified atom stereocenters. The standard InChI is InChI=1S/C26H27N3O4/c1-18-7-13-23(14-8-18)28-24(30)17-33-26(32)20-11-9-19(10-12-20)15-21(16-27)25(31)29-22-5-3-2-4-6-22/h7-15,22H,2-6,17H2,1H3,(H,28,30)(H,29,31)/b21-15-. The van der Waals surface area contributed by atoms with Crippen molar-refractivity contribution in [2.75, 3.05) is 11.9 Å². The molecule has 0 aliphatic heterocycles. The van der Waals surface area contributed by atoms with Gasteiger partial charge in [0.15, 0.2) is 6.61 Å². The molecule has 2 aromatic carbocycles. The molecular formula is C26H27N3O4. The molecule has 170 valence electrons. The Balaban J connectivity index is 1.53. The van der Waals surface area contributed by atoms with Gasteiger partial charge in [0, 0.05) is 11.7 Å². The van der Waals surface area contributed by atoms with E-state index >= 15 is 0 Å². The highest BCUT2D eigenvalue weighted by atomic mass is 16.5. The van der Waals surface area contributed by atoms with Gasteiger partial charge < -0.3 is 15.4 Å². The van der Waals surface area contributed by atoms with E-state index in [2.05, 4.69) is 10.6 Å². The van der Waals surface area contributed by atoms with Crippen molar-refractivity contribution >= 4 is 29.5 Å². The van der Waals surface area contributed by atoms with Gasteiger partial charge in [0.1, 0.15) is 11.6 Å². The van der Waals surface area contributed by atoms with Crippen molar-refractivity contribution in [1.82, 2.24) is 5.32 Å². The Kier molecular flexibility index (Phi) is 8.36. The van der Waals surface area contributed by atoms with E-state index in [9.17, 15) is 19.6 Å². The van der Waals surface area contributed by atoms with Gasteiger partial charge in [-0.1, -0.05) is 49.1 Å². The quantitative estimate of drug-likeness (QED) is 0.378. The SMILES string of the molecule is Cc1ccc(NC(=O)COC(=O)c2ccc(/C=C(/C#N)C(=O)NC3CCCCC3)cc2)cc1. The molecule has 0 saturated heterocycles. The lowest BCUT2D eigenvalue weighted by atomic mass is 9.95. The van der Waals surface area contributed by atoms with Crippen molar-refractivity contribution in [2.24, 2.45) is 0 Å². The molecule has 3 rings (SSSR count). The summed E-state index contributed by atoms with van der Waals surface area (Å²) in [5.41, 5.74) is 2.59. The van der Waals surface area contributed by atoms with Crippen LogP contribution in [-0.2, 0) is 14.3 Å². The number of esters is 1. The summed E-state index contributed by atoms with van der Waals surface area (Å²) in [4.78, 5) is 36.6. The molecule has 0 aromatic heterocycles. The molecule has 0 heterocycles. The predicted molar refractivity (Wildman–Crippen MR) is 125 cm³/mol. The maximum Gasteiger partial charge on any atom is 0.338 e. The monoisotopic (exact) mass is 445 g/mol. The van der Waals surface area contributed by atoms with Crippen LogP contribution in [0.3, 0.4) is 0 Å². The Labute approximate surface area is 193 Å². The van der Waals surface area contributed by atoms with Crippen LogP contribution in [0.2, 0.25) is 0 Å². The van der Waals surface area contributed by atoms with Crippen molar-refractivity contribution in [3.8, 4) is 6.07 Å². The fraction of sp³-hybridized carbons (Fsp3) is 0.308. The smallest absolute Gasteiger partial charge is 0.338 e. The molecule has 0 atom stereocenters. The van der Waals surface area contributed by atoms with Crippen molar-refractivity contribution in [1.29, 1.82) is 5.26 Å². The lowest BCUT2D eigenvalue weighted by Gasteiger charge is -2.22. The van der Waals surface area contributed by atoms with Crippen molar-refractivity contribution in [3.63, 3.8) is 0 Å². The molecule has 1 saturated carbocycles. The maximum atomic E-state index is 12.4. The van der Waals surface area contributed by atoms with Crippen LogP contribution in [0.5, 0.6) is 0 Å². The fourth-order valence-corrected chi connectivity index (χ4v) is 3.59. The van der Waals surface area contributed by atoms with Crippen LogP contribution < -0.4 is 10.6 Å². The number of hydrogen-bond acceptors (Lipinski definition) is 5. The summed E-state index contributed by atoms with van der Waals surface area (Å²) in [5.74, 6) is -1.46. The molecule has 7 nitrogen and oxygen atoms in total. The zero-order chi connectivity index (χ0) is 23.6. The second-order valence-corrected chi connectivity index (χ2v) is 8.09. The molecule has 1 aliphatic rings. The van der Waals surface area contributed by atoms with Crippen LogP contribution in [0.4, 0.5) is 5.69 Å². The molecule has 1 aliphatic carbocycles. The number of aryl methyl sites for hydroxylation is 1. The van der Waals surface area contributed by atoms with Crippen LogP contribution in [0.1, 0.15) is 53.6 Å². The van der Waals surface area contributed by atoms with E-state index in [1.165, 1.54) is 24.6 Å². The summed E-state index contributed by atoms with van der Waals surface area (Å²) in [5, 5.41) is 15.0. The third-order valence-corrected chi connectivity index (χ3v) is 5.43. The molecule has 2 amide bonds. The van der Waals surface area contributed by atoms with Gasteiger partial charge >= 0.3 is 5.97 Å². The lowest BCUT2D eigenvalue weighted by Crippen LogP contribution is -2.36. The van der Waals surface area contributed by atoms with Gasteiger partial charge in [-0.2, -0.15) is 5.26 Å². The normalized spacial score (nSPS) is 14.1. The molecule has 2 aromatic rings. The summed E-state index contributed by atoms with van der Waals surface area (Å²) in [6, 6.07) is 15.6. The van der Waals surface area contributed by atoms with E-state index in [4.69, 9.17) is 4.74 Å². The lowest BCUT2D eigenvalue weighted by molar-refractivity contribution is -0.119. The van der Waals surface area contributed by atoms with Crippen molar-refractivity contribution in [2.45, 2.75) is 45.1 Å². The minimum Gasteiger partial charge on any atom is -0.452 e. The summed E-state index contributed by atoms with van der Waals surface area (Å²) < 4.78 is 5.07. The van der Waals surface area contributed by atoms with E-state index in [0.717, 1.165) is 31.2 Å². The van der Waals surface area contributed by atoms with E-state index in [-0.39, 0.29) is 23.1 Å². The van der Waals surface area contributed by atoms with Crippen LogP contribution in [0.15, 0.2) is 54.1 Å². The number of carbonyl (C=O) groups excluding carboxylic acids is 3. The number of nitriles is 1. The van der Waals surface area contributed by atoms with Gasteiger partial charge in [0.05, 0.1) is 5.56 Å². The first-order valence-electron chi connectivity index (χ1n) is 11.0. The average molecular weight is 446 g/mol. The number of rotatable bonds is 7. The molecule has 7 heteroatoms. The maximum absolute atomic E-state index is 12.4. The second kappa shape index (κ2) is 11.6. The fourth-order valence-electron chi connectivity index (χ4n) is 3.59. The summed E-state index contributed by atoms with van der Waals surface area (Å²) in [6.07, 6.45) is 6.71. The number of nitrogens with one attached hydrogen (secondary N) is 2. The number of hydrogen-bond donors (Lipinski definition) is 2. The number of amides is 2. The highest BCUT2D eigenvalue weighted by Crippen LogP contribution is 2.18. The van der Waals surface area contributed by atoms with Gasteiger partial charge in [0.25, 0.3) is 11.8 Å². The largest absolute Gasteiger partial charge is 0.452 e. The van der Waals surface area contributed by atoms with Crippen LogP contribution in [-0.4, -0.2) is 30.4 Å². The number of ether oxygens (including phenoxy) is 1. The Morgan fingerprint density at radius 1 is 1.03 bits per heavy atom. The highest BCUT2D eigenvalue weighted by molar-refractivity contribution is 6.02. The van der Waals surface area contributed by atoms with Crippen molar-refractivity contribution in [3.05, 3.63) is 70.8 Å². The predicted octanol–water partition coefficient (Wildman–Crippen LogP) is 4.15.